The van der Waals surface area contributed by atoms with Gasteiger partial charge in [-0.15, -0.1) is 0 Å². The van der Waals surface area contributed by atoms with Gasteiger partial charge in [-0.3, -0.25) is 14.4 Å². The number of benzene rings is 1. The number of aromatic nitrogens is 2. The monoisotopic (exact) mass is 370 g/mol. The van der Waals surface area contributed by atoms with Gasteiger partial charge in [-0.25, -0.2) is 0 Å². The summed E-state index contributed by atoms with van der Waals surface area (Å²) in [5.41, 5.74) is 2.26. The molecule has 1 fully saturated rings. The Hall–Kier alpha value is -2.22. The molecule has 2 aromatic rings. The molecule has 7 nitrogen and oxygen atoms in total. The Morgan fingerprint density at radius 3 is 2.81 bits per heavy atom. The largest absolute Gasteiger partial charge is 0.378 e. The molecule has 0 N–H and O–H groups in total. The Balaban J connectivity index is 1.34. The maximum Gasteiger partial charge on any atom is 0.248 e. The fourth-order valence-corrected chi connectivity index (χ4v) is 3.67. The van der Waals surface area contributed by atoms with Crippen LogP contribution in [0.3, 0.4) is 0 Å². The first kappa shape index (κ1) is 18.2. The average molecular weight is 370 g/mol. The molecule has 0 saturated carbocycles. The Bertz CT molecular complexity index is 743. The van der Waals surface area contributed by atoms with E-state index in [1.807, 2.05) is 33.8 Å². The lowest BCUT2D eigenvalue weighted by Gasteiger charge is -2.36. The summed E-state index contributed by atoms with van der Waals surface area (Å²) in [5, 5.41) is 4.40. The van der Waals surface area contributed by atoms with Crippen LogP contribution >= 0.6 is 0 Å². The van der Waals surface area contributed by atoms with Crippen LogP contribution in [-0.4, -0.2) is 71.5 Å². The number of hydrogen-bond acceptors (Lipinski definition) is 5. The van der Waals surface area contributed by atoms with Crippen LogP contribution in [-0.2, 0) is 27.4 Å². The summed E-state index contributed by atoms with van der Waals surface area (Å²) in [5.74, 6) is 0.137. The number of ether oxygens (including phenoxy) is 2. The number of morpholine rings is 1. The quantitative estimate of drug-likeness (QED) is 0.718. The van der Waals surface area contributed by atoms with Crippen molar-refractivity contribution in [2.45, 2.75) is 19.2 Å². The summed E-state index contributed by atoms with van der Waals surface area (Å²) in [6, 6.07) is 11.9. The summed E-state index contributed by atoms with van der Waals surface area (Å²) >= 11 is 0. The maximum absolute atomic E-state index is 13.0. The molecule has 1 saturated heterocycles. The molecule has 1 aromatic carbocycles. The predicted octanol–water partition coefficient (Wildman–Crippen LogP) is 1.32. The zero-order valence-electron chi connectivity index (χ0n) is 15.5. The van der Waals surface area contributed by atoms with Gasteiger partial charge in [0.1, 0.15) is 6.04 Å². The van der Waals surface area contributed by atoms with Crippen molar-refractivity contribution < 1.29 is 14.3 Å². The van der Waals surface area contributed by atoms with Gasteiger partial charge in [0, 0.05) is 38.9 Å². The van der Waals surface area contributed by atoms with E-state index in [1.54, 1.807) is 6.20 Å². The van der Waals surface area contributed by atoms with Gasteiger partial charge in [0.15, 0.2) is 0 Å². The third-order valence-electron chi connectivity index (χ3n) is 5.14. The van der Waals surface area contributed by atoms with Gasteiger partial charge in [-0.1, -0.05) is 30.3 Å². The molecule has 0 radical (unpaired) electrons. The van der Waals surface area contributed by atoms with Crippen molar-refractivity contribution in [1.29, 1.82) is 0 Å². The first-order valence-electron chi connectivity index (χ1n) is 9.54. The average Bonchev–Trinajstić information content (AvgIpc) is 3.20. The summed E-state index contributed by atoms with van der Waals surface area (Å²) in [6.45, 7) is 6.05. The van der Waals surface area contributed by atoms with E-state index in [9.17, 15) is 4.79 Å². The van der Waals surface area contributed by atoms with E-state index in [4.69, 9.17) is 9.47 Å². The van der Waals surface area contributed by atoms with Crippen molar-refractivity contribution in [2.24, 2.45) is 0 Å². The van der Waals surface area contributed by atoms with Crippen LogP contribution in [0, 0.1) is 0 Å². The minimum Gasteiger partial charge on any atom is -0.378 e. The van der Waals surface area contributed by atoms with Crippen LogP contribution in [0.25, 0.3) is 0 Å². The smallest absolute Gasteiger partial charge is 0.248 e. The Labute approximate surface area is 159 Å². The van der Waals surface area contributed by atoms with Crippen LogP contribution in [0.15, 0.2) is 42.6 Å². The molecule has 2 aliphatic rings. The van der Waals surface area contributed by atoms with E-state index in [0.29, 0.717) is 46.1 Å². The second kappa shape index (κ2) is 8.65. The highest BCUT2D eigenvalue weighted by Gasteiger charge is 2.34. The predicted molar refractivity (Wildman–Crippen MR) is 100 cm³/mol. The second-order valence-electron chi connectivity index (χ2n) is 6.99. The molecule has 0 unspecified atom stereocenters. The van der Waals surface area contributed by atoms with Gasteiger partial charge in [-0.05, 0) is 11.6 Å². The van der Waals surface area contributed by atoms with Crippen LogP contribution in [0.2, 0.25) is 0 Å². The van der Waals surface area contributed by atoms with Gasteiger partial charge < -0.3 is 14.4 Å². The fraction of sp³-hybridized carbons (Fsp3) is 0.500. The molecular weight excluding hydrogens is 344 g/mol. The van der Waals surface area contributed by atoms with Crippen molar-refractivity contribution in [3.8, 4) is 0 Å². The van der Waals surface area contributed by atoms with Crippen LogP contribution in [0.5, 0.6) is 0 Å². The number of fused-ring (bicyclic) bond motifs is 1. The van der Waals surface area contributed by atoms with Gasteiger partial charge in [0.05, 0.1) is 32.1 Å². The van der Waals surface area contributed by atoms with Crippen molar-refractivity contribution in [1.82, 2.24) is 19.6 Å². The molecule has 1 aromatic heterocycles. The Kier molecular flexibility index (Phi) is 5.81. The highest BCUT2D eigenvalue weighted by molar-refractivity contribution is 5.81. The molecule has 0 bridgehead atoms. The molecule has 144 valence electrons. The van der Waals surface area contributed by atoms with Crippen LogP contribution < -0.4 is 0 Å². The molecule has 0 aliphatic carbocycles. The highest BCUT2D eigenvalue weighted by atomic mass is 16.5. The van der Waals surface area contributed by atoms with Crippen LogP contribution in [0.4, 0.5) is 0 Å². The van der Waals surface area contributed by atoms with Gasteiger partial charge in [-0.2, -0.15) is 5.10 Å². The lowest BCUT2D eigenvalue weighted by Crippen LogP contribution is -2.50. The molecule has 0 spiro atoms. The lowest BCUT2D eigenvalue weighted by molar-refractivity contribution is -0.140. The molecule has 2 aliphatic heterocycles. The maximum atomic E-state index is 13.0. The number of nitrogens with zero attached hydrogens (tertiary/aromatic N) is 4. The normalized spacial score (nSPS) is 20.4. The molecule has 27 heavy (non-hydrogen) atoms. The number of rotatable bonds is 6. The number of carbonyl (C=O) groups is 1. The third kappa shape index (κ3) is 4.37. The second-order valence-corrected chi connectivity index (χ2v) is 6.99. The number of carbonyl (C=O) groups excluding carboxylic acids is 1. The molecule has 4 rings (SSSR count). The van der Waals surface area contributed by atoms with Gasteiger partial charge >= 0.3 is 0 Å². The lowest BCUT2D eigenvalue weighted by atomic mass is 10.1. The minimum absolute atomic E-state index is 0.137. The van der Waals surface area contributed by atoms with Crippen molar-refractivity contribution in [2.75, 3.05) is 46.0 Å². The van der Waals surface area contributed by atoms with Crippen molar-refractivity contribution >= 4 is 5.91 Å². The van der Waals surface area contributed by atoms with Crippen molar-refractivity contribution in [3.05, 3.63) is 53.9 Å². The topological polar surface area (TPSA) is 59.8 Å². The van der Waals surface area contributed by atoms with Gasteiger partial charge in [0.2, 0.25) is 5.91 Å². The summed E-state index contributed by atoms with van der Waals surface area (Å²) in [4.78, 5) is 17.2. The first-order valence-corrected chi connectivity index (χ1v) is 9.54. The standard InChI is InChI=1S/C20H26N4O3/c25-20(23-9-12-26-13-10-23)19-15-22(14-18-6-7-21-24(18)19)8-11-27-16-17-4-2-1-3-5-17/h1-7,19H,8-16H2/t19-/m0/s1. The van der Waals surface area contributed by atoms with E-state index < -0.39 is 0 Å². The van der Waals surface area contributed by atoms with E-state index in [0.717, 1.165) is 18.8 Å². The van der Waals surface area contributed by atoms with Crippen molar-refractivity contribution in [3.63, 3.8) is 0 Å². The molecular formula is C20H26N4O3. The van der Waals surface area contributed by atoms with E-state index in [-0.39, 0.29) is 11.9 Å². The molecule has 7 heteroatoms. The summed E-state index contributed by atoms with van der Waals surface area (Å²) in [6.07, 6.45) is 1.78. The van der Waals surface area contributed by atoms with E-state index in [2.05, 4.69) is 22.1 Å². The Morgan fingerprint density at radius 2 is 2.00 bits per heavy atom. The minimum atomic E-state index is -0.268. The summed E-state index contributed by atoms with van der Waals surface area (Å²) < 4.78 is 13.1. The zero-order chi connectivity index (χ0) is 18.5. The fourth-order valence-electron chi connectivity index (χ4n) is 3.67. The van der Waals surface area contributed by atoms with E-state index >= 15 is 0 Å². The Morgan fingerprint density at radius 1 is 1.19 bits per heavy atom. The molecule has 1 amide bonds. The van der Waals surface area contributed by atoms with Gasteiger partial charge in [0.25, 0.3) is 0 Å². The van der Waals surface area contributed by atoms with Crippen LogP contribution in [0.1, 0.15) is 17.3 Å². The SMILES string of the molecule is O=C([C@@H]1CN(CCOCc2ccccc2)Cc2ccnn21)N1CCOCC1. The first-order chi connectivity index (χ1) is 13.3. The van der Waals surface area contributed by atoms with E-state index in [1.165, 1.54) is 5.56 Å². The highest BCUT2D eigenvalue weighted by Crippen LogP contribution is 2.22. The third-order valence-corrected chi connectivity index (χ3v) is 5.14. The molecule has 3 heterocycles. The summed E-state index contributed by atoms with van der Waals surface area (Å²) in [7, 11) is 0. The zero-order valence-corrected chi connectivity index (χ0v) is 15.5. The number of hydrogen-bond donors (Lipinski definition) is 0. The molecule has 1 atom stereocenters. The number of amides is 1.